The van der Waals surface area contributed by atoms with Crippen LogP contribution in [-0.2, 0) is 6.54 Å². The molecular formula is C15H25ClN2O. The Hall–Kier alpha value is -0.770. The van der Waals surface area contributed by atoms with E-state index in [1.165, 1.54) is 18.5 Å². The third-order valence-corrected chi connectivity index (χ3v) is 3.46. The van der Waals surface area contributed by atoms with Crippen molar-refractivity contribution in [3.8, 4) is 5.75 Å². The molecule has 0 amide bonds. The number of likely N-dealkylation sites (tertiary alicyclic amines) is 1. The molecule has 0 spiro atoms. The lowest BCUT2D eigenvalue weighted by atomic mass is 10.2. The van der Waals surface area contributed by atoms with Gasteiger partial charge in [-0.3, -0.25) is 4.90 Å². The Bertz CT molecular complexity index is 373. The summed E-state index contributed by atoms with van der Waals surface area (Å²) in [5, 5.41) is 3.35. The van der Waals surface area contributed by atoms with E-state index in [4.69, 9.17) is 4.74 Å². The van der Waals surface area contributed by atoms with Crippen LogP contribution in [-0.4, -0.2) is 37.7 Å². The van der Waals surface area contributed by atoms with Crippen LogP contribution in [0.25, 0.3) is 0 Å². The normalized spacial score (nSPS) is 19.2. The van der Waals surface area contributed by atoms with E-state index in [9.17, 15) is 0 Å². The summed E-state index contributed by atoms with van der Waals surface area (Å²) < 4.78 is 5.67. The maximum absolute atomic E-state index is 5.67. The van der Waals surface area contributed by atoms with Crippen molar-refractivity contribution >= 4 is 12.4 Å². The van der Waals surface area contributed by atoms with Crippen LogP contribution in [0.5, 0.6) is 5.75 Å². The molecule has 2 rings (SSSR count). The highest BCUT2D eigenvalue weighted by atomic mass is 35.5. The van der Waals surface area contributed by atoms with Crippen molar-refractivity contribution in [3.63, 3.8) is 0 Å². The van der Waals surface area contributed by atoms with Crippen molar-refractivity contribution in [1.82, 2.24) is 10.2 Å². The molecule has 0 aliphatic carbocycles. The van der Waals surface area contributed by atoms with Crippen LogP contribution in [0, 0.1) is 0 Å². The van der Waals surface area contributed by atoms with Gasteiger partial charge in [0.05, 0.1) is 6.61 Å². The molecule has 0 aromatic heterocycles. The van der Waals surface area contributed by atoms with Crippen LogP contribution >= 0.6 is 12.4 Å². The van der Waals surface area contributed by atoms with E-state index >= 15 is 0 Å². The van der Waals surface area contributed by atoms with Gasteiger partial charge in [-0.05, 0) is 37.6 Å². The Morgan fingerprint density at radius 3 is 2.95 bits per heavy atom. The lowest BCUT2D eigenvalue weighted by Crippen LogP contribution is -2.29. The molecule has 0 bridgehead atoms. The summed E-state index contributed by atoms with van der Waals surface area (Å²) in [5.41, 5.74) is 1.35. The summed E-state index contributed by atoms with van der Waals surface area (Å²) in [4.78, 5) is 2.50. The Morgan fingerprint density at radius 2 is 2.26 bits per heavy atom. The van der Waals surface area contributed by atoms with Gasteiger partial charge >= 0.3 is 0 Å². The summed E-state index contributed by atoms with van der Waals surface area (Å²) in [7, 11) is 2.05. The fraction of sp³-hybridized carbons (Fsp3) is 0.600. The number of ether oxygens (including phenoxy) is 1. The maximum atomic E-state index is 5.67. The fourth-order valence-corrected chi connectivity index (χ4v) is 2.42. The van der Waals surface area contributed by atoms with E-state index in [0.717, 1.165) is 31.9 Å². The van der Waals surface area contributed by atoms with Gasteiger partial charge in [-0.2, -0.15) is 0 Å². The van der Waals surface area contributed by atoms with Gasteiger partial charge in [0.15, 0.2) is 0 Å². The zero-order valence-electron chi connectivity index (χ0n) is 11.9. The van der Waals surface area contributed by atoms with Gasteiger partial charge < -0.3 is 10.1 Å². The SMILES string of the molecule is CCCOc1cccc(CN2CCC(NC)C2)c1.Cl. The Kier molecular flexibility index (Phi) is 7.21. The predicted octanol–water partition coefficient (Wildman–Crippen LogP) is 2.69. The molecule has 1 heterocycles. The average molecular weight is 285 g/mol. The first-order valence-corrected chi connectivity index (χ1v) is 6.93. The van der Waals surface area contributed by atoms with E-state index in [0.29, 0.717) is 6.04 Å². The summed E-state index contributed by atoms with van der Waals surface area (Å²) in [6, 6.07) is 9.14. The molecule has 0 radical (unpaired) electrons. The molecule has 1 saturated heterocycles. The van der Waals surface area contributed by atoms with Gasteiger partial charge in [-0.25, -0.2) is 0 Å². The van der Waals surface area contributed by atoms with Gasteiger partial charge in [-0.15, -0.1) is 12.4 Å². The number of likely N-dealkylation sites (N-methyl/N-ethyl adjacent to an activating group) is 1. The lowest BCUT2D eigenvalue weighted by molar-refractivity contribution is 0.310. The van der Waals surface area contributed by atoms with Gasteiger partial charge in [0.25, 0.3) is 0 Å². The highest BCUT2D eigenvalue weighted by Crippen LogP contribution is 2.17. The summed E-state index contributed by atoms with van der Waals surface area (Å²) in [6.07, 6.45) is 2.31. The predicted molar refractivity (Wildman–Crippen MR) is 82.2 cm³/mol. The minimum atomic E-state index is 0. The molecule has 1 fully saturated rings. The maximum Gasteiger partial charge on any atom is 0.119 e. The molecule has 1 aromatic rings. The van der Waals surface area contributed by atoms with Gasteiger partial charge in [0.1, 0.15) is 5.75 Å². The van der Waals surface area contributed by atoms with Crippen molar-refractivity contribution in [2.24, 2.45) is 0 Å². The van der Waals surface area contributed by atoms with Crippen LogP contribution in [0.1, 0.15) is 25.3 Å². The second-order valence-corrected chi connectivity index (χ2v) is 5.01. The van der Waals surface area contributed by atoms with E-state index < -0.39 is 0 Å². The Balaban J connectivity index is 0.00000180. The molecule has 1 atom stereocenters. The lowest BCUT2D eigenvalue weighted by Gasteiger charge is -2.16. The Labute approximate surface area is 122 Å². The van der Waals surface area contributed by atoms with Gasteiger partial charge in [-0.1, -0.05) is 19.1 Å². The minimum absolute atomic E-state index is 0. The summed E-state index contributed by atoms with van der Waals surface area (Å²) >= 11 is 0. The standard InChI is InChI=1S/C15H24N2O.ClH/c1-3-9-18-15-6-4-5-13(10-15)11-17-8-7-14(12-17)16-2;/h4-6,10,14,16H,3,7-9,11-12H2,1-2H3;1H. The molecule has 4 heteroatoms. The summed E-state index contributed by atoms with van der Waals surface area (Å²) in [6.45, 7) is 6.30. The number of nitrogens with zero attached hydrogens (tertiary/aromatic N) is 1. The molecule has 1 N–H and O–H groups in total. The van der Waals surface area contributed by atoms with Gasteiger partial charge in [0, 0.05) is 25.7 Å². The van der Waals surface area contributed by atoms with E-state index in [1.54, 1.807) is 0 Å². The van der Waals surface area contributed by atoms with Crippen molar-refractivity contribution < 1.29 is 4.74 Å². The van der Waals surface area contributed by atoms with Crippen molar-refractivity contribution in [1.29, 1.82) is 0 Å². The molecule has 1 aliphatic rings. The molecule has 0 saturated carbocycles. The first-order valence-electron chi connectivity index (χ1n) is 6.93. The number of nitrogens with one attached hydrogen (secondary N) is 1. The number of halogens is 1. The smallest absolute Gasteiger partial charge is 0.119 e. The molecule has 1 unspecified atom stereocenters. The summed E-state index contributed by atoms with van der Waals surface area (Å²) in [5.74, 6) is 0.999. The molecule has 1 aromatic carbocycles. The van der Waals surface area contributed by atoms with Gasteiger partial charge in [0.2, 0.25) is 0 Å². The third-order valence-electron chi connectivity index (χ3n) is 3.46. The molecular weight excluding hydrogens is 260 g/mol. The Morgan fingerprint density at radius 1 is 1.42 bits per heavy atom. The van der Waals surface area contributed by atoms with Crippen LogP contribution in [0.2, 0.25) is 0 Å². The van der Waals surface area contributed by atoms with Crippen molar-refractivity contribution in [2.45, 2.75) is 32.4 Å². The molecule has 3 nitrogen and oxygen atoms in total. The molecule has 108 valence electrons. The monoisotopic (exact) mass is 284 g/mol. The van der Waals surface area contributed by atoms with Crippen LogP contribution in [0.4, 0.5) is 0 Å². The van der Waals surface area contributed by atoms with E-state index in [-0.39, 0.29) is 12.4 Å². The third kappa shape index (κ3) is 5.01. The van der Waals surface area contributed by atoms with E-state index in [2.05, 4.69) is 35.3 Å². The fourth-order valence-electron chi connectivity index (χ4n) is 2.42. The van der Waals surface area contributed by atoms with Crippen LogP contribution in [0.3, 0.4) is 0 Å². The number of rotatable bonds is 6. The quantitative estimate of drug-likeness (QED) is 0.869. The zero-order valence-corrected chi connectivity index (χ0v) is 12.7. The highest BCUT2D eigenvalue weighted by Gasteiger charge is 2.20. The largest absolute Gasteiger partial charge is 0.494 e. The van der Waals surface area contributed by atoms with Crippen LogP contribution < -0.4 is 10.1 Å². The highest BCUT2D eigenvalue weighted by molar-refractivity contribution is 5.85. The van der Waals surface area contributed by atoms with Crippen molar-refractivity contribution in [2.75, 3.05) is 26.7 Å². The molecule has 19 heavy (non-hydrogen) atoms. The first kappa shape index (κ1) is 16.3. The second-order valence-electron chi connectivity index (χ2n) is 5.01. The number of hydrogen-bond acceptors (Lipinski definition) is 3. The van der Waals surface area contributed by atoms with Crippen molar-refractivity contribution in [3.05, 3.63) is 29.8 Å². The number of hydrogen-bond donors (Lipinski definition) is 1. The average Bonchev–Trinajstić information content (AvgIpc) is 2.84. The second kappa shape index (κ2) is 8.41. The first-order chi connectivity index (χ1) is 8.81. The zero-order chi connectivity index (χ0) is 12.8. The molecule has 1 aliphatic heterocycles. The minimum Gasteiger partial charge on any atom is -0.494 e. The van der Waals surface area contributed by atoms with E-state index in [1.807, 2.05) is 13.1 Å². The number of benzene rings is 1. The van der Waals surface area contributed by atoms with Crippen LogP contribution in [0.15, 0.2) is 24.3 Å². The topological polar surface area (TPSA) is 24.5 Å².